The van der Waals surface area contributed by atoms with Crippen LogP contribution in [0.3, 0.4) is 0 Å². The molecule has 1 saturated carbocycles. The summed E-state index contributed by atoms with van der Waals surface area (Å²) in [6, 6.07) is 0. The maximum Gasteiger partial charge on any atom is 0.355 e. The lowest BCUT2D eigenvalue weighted by Crippen LogP contribution is -2.55. The number of aromatic nitrogens is 1. The number of thiazole rings is 1. The van der Waals surface area contributed by atoms with Gasteiger partial charge in [0.05, 0.1) is 10.5 Å². The predicted molar refractivity (Wildman–Crippen MR) is 75.8 cm³/mol. The van der Waals surface area contributed by atoms with Crippen molar-refractivity contribution >= 4 is 23.2 Å². The second kappa shape index (κ2) is 6.32. The first-order chi connectivity index (χ1) is 9.51. The zero-order valence-electron chi connectivity index (χ0n) is 11.2. The molecule has 0 unspecified atom stereocenters. The molecule has 6 nitrogen and oxygen atoms in total. The third-order valence-corrected chi connectivity index (χ3v) is 4.50. The molecule has 0 radical (unpaired) electrons. The van der Waals surface area contributed by atoms with E-state index in [2.05, 4.69) is 10.3 Å². The van der Waals surface area contributed by atoms with Crippen LogP contribution in [0.1, 0.15) is 47.6 Å². The number of carboxylic acid groups (broad SMARTS) is 1. The highest BCUT2D eigenvalue weighted by Gasteiger charge is 2.34. The van der Waals surface area contributed by atoms with Gasteiger partial charge in [0, 0.05) is 18.3 Å². The third-order valence-electron chi connectivity index (χ3n) is 3.59. The van der Waals surface area contributed by atoms with Gasteiger partial charge in [-0.2, -0.15) is 0 Å². The van der Waals surface area contributed by atoms with E-state index in [1.807, 2.05) is 0 Å². The van der Waals surface area contributed by atoms with Gasteiger partial charge in [0.1, 0.15) is 0 Å². The SMILES string of the molecule is NC1(C(=O)NCCc2nc(C(=O)O)cs2)CCCCC1. The number of carboxylic acids is 1. The van der Waals surface area contributed by atoms with Crippen molar-refractivity contribution in [1.82, 2.24) is 10.3 Å². The summed E-state index contributed by atoms with van der Waals surface area (Å²) < 4.78 is 0. The molecule has 1 aliphatic rings. The summed E-state index contributed by atoms with van der Waals surface area (Å²) in [7, 11) is 0. The minimum absolute atomic E-state index is 0.0545. The standard InChI is InChI=1S/C13H19N3O3S/c14-13(5-2-1-3-6-13)12(19)15-7-4-10-16-9(8-20-10)11(17)18/h8H,1-7,14H2,(H,15,19)(H,17,18). The van der Waals surface area contributed by atoms with Gasteiger partial charge in [-0.3, -0.25) is 4.79 Å². The van der Waals surface area contributed by atoms with Gasteiger partial charge >= 0.3 is 5.97 Å². The van der Waals surface area contributed by atoms with E-state index in [1.54, 1.807) is 0 Å². The molecule has 110 valence electrons. The first-order valence-corrected chi connectivity index (χ1v) is 7.64. The van der Waals surface area contributed by atoms with E-state index < -0.39 is 11.5 Å². The lowest BCUT2D eigenvalue weighted by molar-refractivity contribution is -0.127. The van der Waals surface area contributed by atoms with E-state index in [4.69, 9.17) is 10.8 Å². The van der Waals surface area contributed by atoms with Crippen LogP contribution in [0, 0.1) is 0 Å². The summed E-state index contributed by atoms with van der Waals surface area (Å²) in [5.74, 6) is -1.13. The van der Waals surface area contributed by atoms with Gasteiger partial charge < -0.3 is 16.2 Å². The summed E-state index contributed by atoms with van der Waals surface area (Å²) in [5.41, 5.74) is 5.45. The van der Waals surface area contributed by atoms with Crippen LogP contribution in [-0.2, 0) is 11.2 Å². The highest BCUT2D eigenvalue weighted by atomic mass is 32.1. The summed E-state index contributed by atoms with van der Waals surface area (Å²) in [6.07, 6.45) is 5.14. The Bertz CT molecular complexity index is 495. The second-order valence-corrected chi connectivity index (χ2v) is 6.10. The van der Waals surface area contributed by atoms with Crippen molar-refractivity contribution in [2.75, 3.05) is 6.54 Å². The van der Waals surface area contributed by atoms with Crippen LogP contribution in [0.25, 0.3) is 0 Å². The van der Waals surface area contributed by atoms with Crippen LogP contribution in [-0.4, -0.2) is 34.1 Å². The fourth-order valence-electron chi connectivity index (χ4n) is 2.39. The molecule has 4 N–H and O–H groups in total. The summed E-state index contributed by atoms with van der Waals surface area (Å²) in [4.78, 5) is 26.8. The number of aromatic carboxylic acids is 1. The van der Waals surface area contributed by atoms with E-state index in [-0.39, 0.29) is 11.6 Å². The summed E-state index contributed by atoms with van der Waals surface area (Å²) in [5, 5.41) is 13.8. The van der Waals surface area contributed by atoms with Gasteiger partial charge in [-0.1, -0.05) is 19.3 Å². The van der Waals surface area contributed by atoms with Crippen LogP contribution in [0.2, 0.25) is 0 Å². The van der Waals surface area contributed by atoms with Crippen molar-refractivity contribution in [3.8, 4) is 0 Å². The fraction of sp³-hybridized carbons (Fsp3) is 0.615. The van der Waals surface area contributed by atoms with Crippen molar-refractivity contribution in [3.05, 3.63) is 16.1 Å². The Balaban J connectivity index is 1.80. The minimum Gasteiger partial charge on any atom is -0.476 e. The average Bonchev–Trinajstić information content (AvgIpc) is 2.88. The Morgan fingerprint density at radius 2 is 2.10 bits per heavy atom. The molecule has 0 spiro atoms. The topological polar surface area (TPSA) is 105 Å². The smallest absolute Gasteiger partial charge is 0.355 e. The molecule has 2 rings (SSSR count). The molecule has 1 aromatic rings. The minimum atomic E-state index is -1.03. The molecule has 1 fully saturated rings. The fourth-order valence-corrected chi connectivity index (χ4v) is 3.16. The van der Waals surface area contributed by atoms with Gasteiger partial charge in [0.25, 0.3) is 0 Å². The number of nitrogens with one attached hydrogen (secondary N) is 1. The summed E-state index contributed by atoms with van der Waals surface area (Å²) >= 11 is 1.29. The van der Waals surface area contributed by atoms with Crippen LogP contribution in [0.15, 0.2) is 5.38 Å². The molecular formula is C13H19N3O3S. The molecule has 0 atom stereocenters. The van der Waals surface area contributed by atoms with Crippen molar-refractivity contribution in [3.63, 3.8) is 0 Å². The monoisotopic (exact) mass is 297 g/mol. The lowest BCUT2D eigenvalue weighted by Gasteiger charge is -2.31. The van der Waals surface area contributed by atoms with E-state index >= 15 is 0 Å². The van der Waals surface area contributed by atoms with Gasteiger partial charge in [-0.05, 0) is 12.8 Å². The zero-order chi connectivity index (χ0) is 14.6. The molecule has 1 heterocycles. The number of amides is 1. The van der Waals surface area contributed by atoms with E-state index in [1.165, 1.54) is 16.7 Å². The number of hydrogen-bond acceptors (Lipinski definition) is 5. The maximum atomic E-state index is 12.1. The highest BCUT2D eigenvalue weighted by Crippen LogP contribution is 2.25. The molecular weight excluding hydrogens is 278 g/mol. The number of nitrogens with two attached hydrogens (primary N) is 1. The van der Waals surface area contributed by atoms with Gasteiger partial charge in [-0.15, -0.1) is 11.3 Å². The molecule has 0 aromatic carbocycles. The van der Waals surface area contributed by atoms with Crippen molar-refractivity contribution < 1.29 is 14.7 Å². The maximum absolute atomic E-state index is 12.1. The summed E-state index contributed by atoms with van der Waals surface area (Å²) in [6.45, 7) is 0.435. The second-order valence-electron chi connectivity index (χ2n) is 5.15. The van der Waals surface area contributed by atoms with Gasteiger partial charge in [-0.25, -0.2) is 9.78 Å². The molecule has 1 aromatic heterocycles. The Morgan fingerprint density at radius 1 is 1.40 bits per heavy atom. The van der Waals surface area contributed by atoms with Crippen LogP contribution in [0.5, 0.6) is 0 Å². The van der Waals surface area contributed by atoms with E-state index in [0.717, 1.165) is 32.1 Å². The molecule has 0 saturated heterocycles. The van der Waals surface area contributed by atoms with Crippen molar-refractivity contribution in [1.29, 1.82) is 0 Å². The lowest BCUT2D eigenvalue weighted by atomic mass is 9.82. The van der Waals surface area contributed by atoms with Crippen LogP contribution >= 0.6 is 11.3 Å². The molecule has 1 amide bonds. The predicted octanol–water partition coefficient (Wildman–Crippen LogP) is 1.16. The normalized spacial score (nSPS) is 17.6. The Morgan fingerprint density at radius 3 is 2.70 bits per heavy atom. The van der Waals surface area contributed by atoms with Crippen molar-refractivity contribution in [2.45, 2.75) is 44.1 Å². The number of rotatable bonds is 5. The van der Waals surface area contributed by atoms with Gasteiger partial charge in [0.2, 0.25) is 5.91 Å². The zero-order valence-corrected chi connectivity index (χ0v) is 12.0. The average molecular weight is 297 g/mol. The molecule has 7 heteroatoms. The first-order valence-electron chi connectivity index (χ1n) is 6.76. The van der Waals surface area contributed by atoms with Crippen LogP contribution < -0.4 is 11.1 Å². The number of carbonyl (C=O) groups is 2. The number of nitrogens with zero attached hydrogens (tertiary/aromatic N) is 1. The highest BCUT2D eigenvalue weighted by molar-refractivity contribution is 7.09. The van der Waals surface area contributed by atoms with E-state index in [9.17, 15) is 9.59 Å². The Hall–Kier alpha value is -1.47. The quantitative estimate of drug-likeness (QED) is 0.756. The molecule has 20 heavy (non-hydrogen) atoms. The molecule has 0 aliphatic heterocycles. The number of hydrogen-bond donors (Lipinski definition) is 3. The first kappa shape index (κ1) is 14.9. The Labute approximate surface area is 121 Å². The molecule has 0 bridgehead atoms. The molecule has 1 aliphatic carbocycles. The van der Waals surface area contributed by atoms with E-state index in [0.29, 0.717) is 18.0 Å². The van der Waals surface area contributed by atoms with Crippen molar-refractivity contribution in [2.24, 2.45) is 5.73 Å². The third kappa shape index (κ3) is 3.55. The largest absolute Gasteiger partial charge is 0.476 e. The number of carbonyl (C=O) groups excluding carboxylic acids is 1. The van der Waals surface area contributed by atoms with Crippen LogP contribution in [0.4, 0.5) is 0 Å². The Kier molecular flexibility index (Phi) is 4.72. The van der Waals surface area contributed by atoms with Gasteiger partial charge in [0.15, 0.2) is 5.69 Å².